The summed E-state index contributed by atoms with van der Waals surface area (Å²) in [4.78, 5) is 0. The molecule has 0 radical (unpaired) electrons. The molecule has 0 N–H and O–H groups in total. The highest BCUT2D eigenvalue weighted by atomic mass is 16.8. The van der Waals surface area contributed by atoms with Gasteiger partial charge in [0.2, 0.25) is 0 Å². The molecule has 0 aromatic rings. The zero-order valence-corrected chi connectivity index (χ0v) is 11.1. The molecule has 0 spiro atoms. The largest absolute Gasteiger partial charge is 0.344 e. The summed E-state index contributed by atoms with van der Waals surface area (Å²) in [5.41, 5.74) is 1.56. The molecule has 0 aromatic carbocycles. The monoisotopic (exact) mass is 234 g/mol. The smallest absolute Gasteiger partial charge is 0.163 e. The lowest BCUT2D eigenvalue weighted by Gasteiger charge is -2.28. The molecule has 0 aromatic heterocycles. The van der Waals surface area contributed by atoms with E-state index >= 15 is 0 Å². The van der Waals surface area contributed by atoms with E-state index in [9.17, 15) is 0 Å². The maximum atomic E-state index is 6.08. The minimum absolute atomic E-state index is 0.270. The molecule has 2 aliphatic carbocycles. The summed E-state index contributed by atoms with van der Waals surface area (Å²) in [6, 6.07) is 0. The molecular formula is C15H22O2. The third kappa shape index (κ3) is 1.69. The lowest BCUT2D eigenvalue weighted by atomic mass is 9.83. The predicted molar refractivity (Wildman–Crippen MR) is 67.5 cm³/mol. The molecule has 3 aliphatic rings. The Morgan fingerprint density at radius 1 is 1.12 bits per heavy atom. The van der Waals surface area contributed by atoms with Crippen molar-refractivity contribution in [2.24, 2.45) is 17.8 Å². The van der Waals surface area contributed by atoms with Crippen molar-refractivity contribution in [1.82, 2.24) is 0 Å². The Morgan fingerprint density at radius 3 is 2.18 bits per heavy atom. The van der Waals surface area contributed by atoms with Crippen LogP contribution in [0.5, 0.6) is 0 Å². The van der Waals surface area contributed by atoms with Gasteiger partial charge in [-0.05, 0) is 38.0 Å². The van der Waals surface area contributed by atoms with Crippen LogP contribution in [0.2, 0.25) is 0 Å². The van der Waals surface area contributed by atoms with Crippen LogP contribution in [0.3, 0.4) is 0 Å². The van der Waals surface area contributed by atoms with Crippen LogP contribution in [-0.4, -0.2) is 18.0 Å². The SMILES string of the molecule is C[C@@H]1C(C2=CC=CC2)[C@@H](C)[C@H]2OC(C)(C)O[C@@H]21. The van der Waals surface area contributed by atoms with Crippen molar-refractivity contribution in [2.75, 3.05) is 0 Å². The molecular weight excluding hydrogens is 212 g/mol. The number of fused-ring (bicyclic) bond motifs is 1. The topological polar surface area (TPSA) is 18.5 Å². The molecule has 4 atom stereocenters. The van der Waals surface area contributed by atoms with Crippen molar-refractivity contribution in [3.8, 4) is 0 Å². The van der Waals surface area contributed by atoms with Gasteiger partial charge in [0.15, 0.2) is 5.79 Å². The summed E-state index contributed by atoms with van der Waals surface area (Å²) >= 11 is 0. The molecule has 1 saturated heterocycles. The van der Waals surface area contributed by atoms with Gasteiger partial charge in [0.05, 0.1) is 12.2 Å². The van der Waals surface area contributed by atoms with E-state index < -0.39 is 5.79 Å². The highest BCUT2D eigenvalue weighted by Gasteiger charge is 2.56. The van der Waals surface area contributed by atoms with Crippen molar-refractivity contribution < 1.29 is 9.47 Å². The van der Waals surface area contributed by atoms with E-state index in [1.54, 1.807) is 5.57 Å². The fourth-order valence-corrected chi connectivity index (χ4v) is 3.90. The Balaban J connectivity index is 1.83. The molecule has 17 heavy (non-hydrogen) atoms. The van der Waals surface area contributed by atoms with Gasteiger partial charge in [-0.25, -0.2) is 0 Å². The molecule has 3 rings (SSSR count). The fraction of sp³-hybridized carbons (Fsp3) is 0.733. The molecule has 1 heterocycles. The second-order valence-corrected chi connectivity index (χ2v) is 6.18. The molecule has 0 bridgehead atoms. The number of ether oxygens (including phenoxy) is 2. The quantitative estimate of drug-likeness (QED) is 0.693. The first kappa shape index (κ1) is 11.5. The third-order valence-corrected chi connectivity index (χ3v) is 4.56. The minimum Gasteiger partial charge on any atom is -0.344 e. The van der Waals surface area contributed by atoms with E-state index in [1.807, 2.05) is 13.8 Å². The highest BCUT2D eigenvalue weighted by Crippen LogP contribution is 2.51. The summed E-state index contributed by atoms with van der Waals surface area (Å²) in [6.07, 6.45) is 8.35. The fourth-order valence-electron chi connectivity index (χ4n) is 3.90. The highest BCUT2D eigenvalue weighted by molar-refractivity contribution is 5.28. The summed E-state index contributed by atoms with van der Waals surface area (Å²) in [5.74, 6) is 1.34. The van der Waals surface area contributed by atoms with Crippen LogP contribution in [0.4, 0.5) is 0 Å². The molecule has 2 heteroatoms. The first-order chi connectivity index (χ1) is 7.99. The van der Waals surface area contributed by atoms with E-state index in [2.05, 4.69) is 32.1 Å². The van der Waals surface area contributed by atoms with Crippen LogP contribution in [0.25, 0.3) is 0 Å². The zero-order valence-electron chi connectivity index (χ0n) is 11.1. The van der Waals surface area contributed by atoms with Crippen molar-refractivity contribution in [3.63, 3.8) is 0 Å². The van der Waals surface area contributed by atoms with Gasteiger partial charge in [-0.3, -0.25) is 0 Å². The van der Waals surface area contributed by atoms with Gasteiger partial charge in [0.25, 0.3) is 0 Å². The molecule has 1 aliphatic heterocycles. The molecule has 0 unspecified atom stereocenters. The van der Waals surface area contributed by atoms with Crippen molar-refractivity contribution in [2.45, 2.75) is 52.1 Å². The summed E-state index contributed by atoms with van der Waals surface area (Å²) in [5, 5.41) is 0. The van der Waals surface area contributed by atoms with Crippen LogP contribution in [0.1, 0.15) is 34.1 Å². The zero-order chi connectivity index (χ0) is 12.2. The Labute approximate surface area is 104 Å². The summed E-state index contributed by atoms with van der Waals surface area (Å²) in [6.45, 7) is 8.68. The number of hydrogen-bond acceptors (Lipinski definition) is 2. The molecule has 2 nitrogen and oxygen atoms in total. The van der Waals surface area contributed by atoms with Gasteiger partial charge in [-0.1, -0.05) is 37.6 Å². The van der Waals surface area contributed by atoms with E-state index in [-0.39, 0.29) is 12.2 Å². The Kier molecular flexibility index (Phi) is 2.50. The van der Waals surface area contributed by atoms with Gasteiger partial charge < -0.3 is 9.47 Å². The van der Waals surface area contributed by atoms with Crippen LogP contribution < -0.4 is 0 Å². The number of hydrogen-bond donors (Lipinski definition) is 0. The van der Waals surface area contributed by atoms with Crippen LogP contribution in [-0.2, 0) is 9.47 Å². The van der Waals surface area contributed by atoms with Crippen LogP contribution >= 0.6 is 0 Å². The molecule has 2 fully saturated rings. The van der Waals surface area contributed by atoms with Gasteiger partial charge in [-0.2, -0.15) is 0 Å². The average Bonchev–Trinajstić information content (AvgIpc) is 2.88. The molecule has 0 amide bonds. The van der Waals surface area contributed by atoms with Crippen molar-refractivity contribution in [3.05, 3.63) is 23.8 Å². The van der Waals surface area contributed by atoms with Crippen molar-refractivity contribution >= 4 is 0 Å². The maximum absolute atomic E-state index is 6.08. The summed E-state index contributed by atoms with van der Waals surface area (Å²) < 4.78 is 12.2. The standard InChI is InChI=1S/C15H22O2/c1-9-12(11-7-5-6-8-11)10(2)14-13(9)16-15(3,4)17-14/h5-7,9-10,12-14H,8H2,1-4H3/t9-,10-,13-,14-/m1/s1. The molecule has 94 valence electrons. The average molecular weight is 234 g/mol. The lowest BCUT2D eigenvalue weighted by Crippen LogP contribution is -2.28. The third-order valence-electron chi connectivity index (χ3n) is 4.56. The van der Waals surface area contributed by atoms with Crippen LogP contribution in [0, 0.1) is 17.8 Å². The maximum Gasteiger partial charge on any atom is 0.163 e. The molecule has 1 saturated carbocycles. The first-order valence-electron chi connectivity index (χ1n) is 6.71. The van der Waals surface area contributed by atoms with Crippen molar-refractivity contribution in [1.29, 1.82) is 0 Å². The number of rotatable bonds is 1. The van der Waals surface area contributed by atoms with E-state index in [0.29, 0.717) is 17.8 Å². The normalized spacial score (nSPS) is 47.3. The first-order valence-corrected chi connectivity index (χ1v) is 6.71. The minimum atomic E-state index is -0.398. The van der Waals surface area contributed by atoms with Gasteiger partial charge in [-0.15, -0.1) is 0 Å². The second kappa shape index (κ2) is 3.69. The van der Waals surface area contributed by atoms with E-state index in [1.165, 1.54) is 0 Å². The number of allylic oxidation sites excluding steroid dienone is 4. The van der Waals surface area contributed by atoms with E-state index in [0.717, 1.165) is 6.42 Å². The Hall–Kier alpha value is -0.600. The van der Waals surface area contributed by atoms with Gasteiger partial charge >= 0.3 is 0 Å². The lowest BCUT2D eigenvalue weighted by molar-refractivity contribution is -0.163. The van der Waals surface area contributed by atoms with Crippen LogP contribution in [0.15, 0.2) is 23.8 Å². The second-order valence-electron chi connectivity index (χ2n) is 6.18. The Morgan fingerprint density at radius 2 is 1.71 bits per heavy atom. The predicted octanol–water partition coefficient (Wildman–Crippen LogP) is 3.29. The van der Waals surface area contributed by atoms with Gasteiger partial charge in [0, 0.05) is 0 Å². The van der Waals surface area contributed by atoms with E-state index in [4.69, 9.17) is 9.47 Å². The Bertz CT molecular complexity index is 360. The summed E-state index contributed by atoms with van der Waals surface area (Å²) in [7, 11) is 0. The van der Waals surface area contributed by atoms with Gasteiger partial charge in [0.1, 0.15) is 0 Å².